The quantitative estimate of drug-likeness (QED) is 0.499. The third-order valence-corrected chi connectivity index (χ3v) is 2.25. The van der Waals surface area contributed by atoms with Gasteiger partial charge in [-0.15, -0.1) is 0 Å². The maximum atomic E-state index is 4.92. The van der Waals surface area contributed by atoms with Gasteiger partial charge < -0.3 is 4.43 Å². The van der Waals surface area contributed by atoms with Crippen LogP contribution in [0.5, 0.6) is 0 Å². The van der Waals surface area contributed by atoms with Crippen LogP contribution in [0.25, 0.3) is 0 Å². The summed E-state index contributed by atoms with van der Waals surface area (Å²) in [5.74, 6) is 1.04. The van der Waals surface area contributed by atoms with E-state index in [0.29, 0.717) is 0 Å². The molecule has 0 aromatic carbocycles. The van der Waals surface area contributed by atoms with Crippen molar-refractivity contribution in [3.63, 3.8) is 0 Å². The summed E-state index contributed by atoms with van der Waals surface area (Å²) in [5.41, 5.74) is 0. The molecule has 0 heterocycles. The Morgan fingerprint density at radius 3 is 2.86 bits per heavy atom. The highest BCUT2D eigenvalue weighted by Crippen LogP contribution is 2.32. The lowest BCUT2D eigenvalue weighted by Gasteiger charge is -1.88. The van der Waals surface area contributed by atoms with Gasteiger partial charge in [-0.05, 0) is 12.0 Å². The minimum absolute atomic E-state index is 0.758. The summed E-state index contributed by atoms with van der Waals surface area (Å²) in [6, 6.07) is 1.32. The molecule has 40 valence electrons. The zero-order valence-electron chi connectivity index (χ0n) is 4.61. The smallest absolute Gasteiger partial charge is 0.229 e. The van der Waals surface area contributed by atoms with Crippen molar-refractivity contribution in [2.24, 2.45) is 5.92 Å². The Bertz CT molecular complexity index is 52.0. The summed E-state index contributed by atoms with van der Waals surface area (Å²) < 4.78 is 4.92. The van der Waals surface area contributed by atoms with Gasteiger partial charge in [0, 0.05) is 7.11 Å². The second kappa shape index (κ2) is 2.48. The molecule has 0 atom stereocenters. The van der Waals surface area contributed by atoms with Gasteiger partial charge >= 0.3 is 0 Å². The lowest BCUT2D eigenvalue weighted by Crippen LogP contribution is -1.92. The Kier molecular flexibility index (Phi) is 1.88. The van der Waals surface area contributed by atoms with Crippen LogP contribution in [-0.2, 0) is 4.43 Å². The summed E-state index contributed by atoms with van der Waals surface area (Å²) in [5, 5.41) is 0. The Hall–Kier alpha value is 0.177. The van der Waals surface area contributed by atoms with E-state index in [9.17, 15) is 0 Å². The fourth-order valence-corrected chi connectivity index (χ4v) is 1.33. The molecule has 1 aliphatic carbocycles. The van der Waals surface area contributed by atoms with Crippen LogP contribution in [0, 0.1) is 5.92 Å². The molecule has 0 unspecified atom stereocenters. The second-order valence-electron chi connectivity index (χ2n) is 2.00. The van der Waals surface area contributed by atoms with Crippen LogP contribution in [0.4, 0.5) is 0 Å². The van der Waals surface area contributed by atoms with Crippen LogP contribution in [0.2, 0.25) is 6.04 Å². The fraction of sp³-hybridized carbons (Fsp3) is 1.00. The molecular formula is C5H10OSi. The summed E-state index contributed by atoms with van der Waals surface area (Å²) in [7, 11) is 2.54. The van der Waals surface area contributed by atoms with Gasteiger partial charge in [-0.2, -0.15) is 0 Å². The average Bonchev–Trinajstić information content (AvgIpc) is 2.42. The predicted molar refractivity (Wildman–Crippen MR) is 30.3 cm³/mol. The highest BCUT2D eigenvalue weighted by atomic mass is 28.2. The zero-order valence-corrected chi connectivity index (χ0v) is 5.61. The van der Waals surface area contributed by atoms with E-state index < -0.39 is 0 Å². The van der Waals surface area contributed by atoms with Gasteiger partial charge in [0.05, 0.1) is 0 Å². The van der Waals surface area contributed by atoms with Gasteiger partial charge in [-0.1, -0.05) is 12.8 Å². The van der Waals surface area contributed by atoms with Crippen molar-refractivity contribution in [2.75, 3.05) is 7.11 Å². The Labute approximate surface area is 47.0 Å². The Morgan fingerprint density at radius 1 is 1.71 bits per heavy atom. The summed E-state index contributed by atoms with van der Waals surface area (Å²) >= 11 is 0. The first-order valence-corrected chi connectivity index (χ1v) is 3.81. The van der Waals surface area contributed by atoms with Crippen molar-refractivity contribution >= 4 is 9.76 Å². The molecule has 0 saturated heterocycles. The van der Waals surface area contributed by atoms with E-state index in [1.165, 1.54) is 18.9 Å². The zero-order chi connectivity index (χ0) is 5.11. The topological polar surface area (TPSA) is 9.23 Å². The maximum Gasteiger partial charge on any atom is 0.229 e. The molecule has 2 heteroatoms. The molecule has 1 fully saturated rings. The molecule has 0 spiro atoms. The summed E-state index contributed by atoms with van der Waals surface area (Å²) in [6.45, 7) is 0. The number of rotatable bonds is 3. The van der Waals surface area contributed by atoms with Gasteiger partial charge in [0.15, 0.2) is 0 Å². The van der Waals surface area contributed by atoms with E-state index in [1.807, 2.05) is 0 Å². The molecular weight excluding hydrogens is 104 g/mol. The number of hydrogen-bond acceptors (Lipinski definition) is 1. The molecule has 7 heavy (non-hydrogen) atoms. The summed E-state index contributed by atoms with van der Waals surface area (Å²) in [6.07, 6.45) is 2.91. The molecule has 0 amide bonds. The Morgan fingerprint density at radius 2 is 2.43 bits per heavy atom. The van der Waals surface area contributed by atoms with Crippen LogP contribution in [-0.4, -0.2) is 16.9 Å². The van der Waals surface area contributed by atoms with Crippen LogP contribution in [0.15, 0.2) is 0 Å². The highest BCUT2D eigenvalue weighted by molar-refractivity contribution is 6.27. The van der Waals surface area contributed by atoms with Gasteiger partial charge in [-0.3, -0.25) is 0 Å². The standard InChI is InChI=1S/C5H10OSi/c1-6-7-4-5-2-3-5/h5H,2-4H2,1H3. The van der Waals surface area contributed by atoms with Crippen molar-refractivity contribution in [2.45, 2.75) is 18.9 Å². The van der Waals surface area contributed by atoms with Gasteiger partial charge in [-0.25, -0.2) is 0 Å². The van der Waals surface area contributed by atoms with E-state index >= 15 is 0 Å². The van der Waals surface area contributed by atoms with E-state index in [4.69, 9.17) is 4.43 Å². The van der Waals surface area contributed by atoms with Crippen LogP contribution in [0.1, 0.15) is 12.8 Å². The molecule has 0 bridgehead atoms. The van der Waals surface area contributed by atoms with Gasteiger partial charge in [0.1, 0.15) is 0 Å². The van der Waals surface area contributed by atoms with E-state index in [-0.39, 0.29) is 0 Å². The monoisotopic (exact) mass is 114 g/mol. The van der Waals surface area contributed by atoms with E-state index in [0.717, 1.165) is 15.7 Å². The van der Waals surface area contributed by atoms with Gasteiger partial charge in [0.25, 0.3) is 0 Å². The van der Waals surface area contributed by atoms with Crippen molar-refractivity contribution in [1.29, 1.82) is 0 Å². The van der Waals surface area contributed by atoms with Crippen molar-refractivity contribution in [1.82, 2.24) is 0 Å². The van der Waals surface area contributed by atoms with E-state index in [2.05, 4.69) is 0 Å². The normalized spacial score (nSPS) is 20.1. The molecule has 1 nitrogen and oxygen atoms in total. The number of hydrogen-bond donors (Lipinski definition) is 0. The Balaban J connectivity index is 1.80. The third-order valence-electron chi connectivity index (χ3n) is 1.21. The molecule has 0 aromatic heterocycles. The highest BCUT2D eigenvalue weighted by Gasteiger charge is 2.20. The molecule has 1 saturated carbocycles. The predicted octanol–water partition coefficient (Wildman–Crippen LogP) is 1.08. The molecule has 0 aromatic rings. The summed E-state index contributed by atoms with van der Waals surface area (Å²) in [4.78, 5) is 0. The SMILES string of the molecule is CO[Si]CC1CC1. The lowest BCUT2D eigenvalue weighted by molar-refractivity contribution is 0.438. The largest absolute Gasteiger partial charge is 0.421 e. The van der Waals surface area contributed by atoms with Crippen molar-refractivity contribution in [3.05, 3.63) is 0 Å². The molecule has 1 rings (SSSR count). The molecule has 0 N–H and O–H groups in total. The minimum Gasteiger partial charge on any atom is -0.421 e. The maximum absolute atomic E-state index is 4.92. The lowest BCUT2D eigenvalue weighted by atomic mass is 10.5. The van der Waals surface area contributed by atoms with Crippen LogP contribution in [0.3, 0.4) is 0 Å². The van der Waals surface area contributed by atoms with Crippen LogP contribution < -0.4 is 0 Å². The third kappa shape index (κ3) is 2.09. The molecule has 0 aliphatic heterocycles. The second-order valence-corrected chi connectivity index (χ2v) is 3.10. The van der Waals surface area contributed by atoms with E-state index in [1.54, 1.807) is 7.11 Å². The minimum atomic E-state index is 0.758. The van der Waals surface area contributed by atoms with Crippen molar-refractivity contribution < 1.29 is 4.43 Å². The molecule has 1 aliphatic rings. The first-order chi connectivity index (χ1) is 3.43. The molecule has 2 radical (unpaired) electrons. The van der Waals surface area contributed by atoms with Crippen molar-refractivity contribution in [3.8, 4) is 0 Å². The first-order valence-electron chi connectivity index (χ1n) is 2.69. The average molecular weight is 114 g/mol. The van der Waals surface area contributed by atoms with Crippen LogP contribution >= 0.6 is 0 Å². The first kappa shape index (κ1) is 5.32. The van der Waals surface area contributed by atoms with Gasteiger partial charge in [0.2, 0.25) is 9.76 Å². The fourth-order valence-electron chi connectivity index (χ4n) is 0.523.